The minimum atomic E-state index is -1.04. The highest BCUT2D eigenvalue weighted by Crippen LogP contribution is 2.63. The summed E-state index contributed by atoms with van der Waals surface area (Å²) in [4.78, 5) is 37.1. The number of carbonyl (C=O) groups excluding carboxylic acids is 2. The minimum Gasteiger partial charge on any atom is -0.480 e. The Labute approximate surface area is 237 Å². The van der Waals surface area contributed by atoms with Crippen molar-refractivity contribution in [2.24, 2.45) is 0 Å². The Balaban J connectivity index is 1.09. The molecule has 4 aliphatic rings. The lowest BCUT2D eigenvalue weighted by atomic mass is 9.54. The van der Waals surface area contributed by atoms with Crippen molar-refractivity contribution < 1.29 is 28.9 Å². The first-order valence-corrected chi connectivity index (χ1v) is 13.9. The van der Waals surface area contributed by atoms with Crippen molar-refractivity contribution in [2.75, 3.05) is 34.4 Å². The molecule has 1 saturated carbocycles. The lowest BCUT2D eigenvalue weighted by Gasteiger charge is -2.50. The van der Waals surface area contributed by atoms with Crippen molar-refractivity contribution in [3.8, 4) is 28.8 Å². The first-order valence-electron chi connectivity index (χ1n) is 13.9. The monoisotopic (exact) mass is 556 g/mol. The molecule has 2 N–H and O–H groups in total. The number of hydrogen-bond acceptors (Lipinski definition) is 9. The molecular formula is C31H32N4O6. The van der Waals surface area contributed by atoms with Gasteiger partial charge in [0, 0.05) is 37.3 Å². The number of amides is 1. The van der Waals surface area contributed by atoms with Crippen LogP contribution in [0, 0.1) is 0 Å². The zero-order valence-electron chi connectivity index (χ0n) is 23.3. The van der Waals surface area contributed by atoms with Gasteiger partial charge >= 0.3 is 6.01 Å². The number of nitrogens with one attached hydrogen (secondary N) is 1. The third-order valence-electron chi connectivity index (χ3n) is 9.50. The maximum atomic E-state index is 13.4. The van der Waals surface area contributed by atoms with Crippen molar-refractivity contribution in [3.63, 3.8) is 0 Å². The van der Waals surface area contributed by atoms with Gasteiger partial charge in [0.2, 0.25) is 5.88 Å². The molecule has 212 valence electrons. The van der Waals surface area contributed by atoms with E-state index in [1.165, 1.54) is 7.11 Å². The number of carbonyl (C=O) groups is 2. The second-order valence-electron chi connectivity index (χ2n) is 11.5. The Bertz CT molecular complexity index is 1580. The quantitative estimate of drug-likeness (QED) is 0.450. The molecule has 2 aromatic carbocycles. The fourth-order valence-corrected chi connectivity index (χ4v) is 7.62. The molecule has 4 unspecified atom stereocenters. The Morgan fingerprint density at radius 1 is 1.20 bits per heavy atom. The van der Waals surface area contributed by atoms with Crippen molar-refractivity contribution in [1.29, 1.82) is 0 Å². The van der Waals surface area contributed by atoms with Crippen LogP contribution < -0.4 is 19.5 Å². The van der Waals surface area contributed by atoms with Crippen molar-refractivity contribution >= 4 is 11.7 Å². The van der Waals surface area contributed by atoms with E-state index in [4.69, 9.17) is 14.2 Å². The molecule has 1 spiro atoms. The van der Waals surface area contributed by atoms with Crippen LogP contribution in [-0.2, 0) is 23.1 Å². The molecule has 7 rings (SSSR count). The number of ether oxygens (including phenoxy) is 3. The highest BCUT2D eigenvalue weighted by molar-refractivity contribution is 5.99. The summed E-state index contributed by atoms with van der Waals surface area (Å²) in [6, 6.07) is 11.9. The Kier molecular flexibility index (Phi) is 5.85. The Hall–Kier alpha value is -4.02. The van der Waals surface area contributed by atoms with Crippen LogP contribution in [0.25, 0.3) is 11.1 Å². The lowest BCUT2D eigenvalue weighted by molar-refractivity contribution is -0.147. The van der Waals surface area contributed by atoms with Crippen LogP contribution in [0.5, 0.6) is 17.6 Å². The molecule has 3 heterocycles. The summed E-state index contributed by atoms with van der Waals surface area (Å²) in [5.74, 6) is 0.643. The predicted octanol–water partition coefficient (Wildman–Crippen LogP) is 2.10. The number of nitrogens with zero attached hydrogens (tertiary/aromatic N) is 3. The standard InChI is InChI=1S/C31H32N4O6/c1-35-16-30-24-19-8-9-20(25(24)41-26(30)22(36)10-12-31(30,38)23(35)14-19)27(37)32-13-11-17-4-6-18(7-5-17)21-15-33-29(40-3)34-28(21)39-2/h4-9,15,23,26,38H,10-14,16H2,1-3H3,(H,32,37). The van der Waals surface area contributed by atoms with E-state index in [1.807, 2.05) is 37.4 Å². The number of methoxy groups -OCH3 is 2. The third-order valence-corrected chi connectivity index (χ3v) is 9.50. The van der Waals surface area contributed by atoms with E-state index >= 15 is 0 Å². The normalized spacial score (nSPS) is 27.3. The topological polar surface area (TPSA) is 123 Å². The molecule has 4 atom stereocenters. The summed E-state index contributed by atoms with van der Waals surface area (Å²) < 4.78 is 16.8. The molecular weight excluding hydrogens is 524 g/mol. The van der Waals surface area contributed by atoms with E-state index in [9.17, 15) is 14.7 Å². The van der Waals surface area contributed by atoms with E-state index in [0.717, 1.165) is 27.8 Å². The molecule has 41 heavy (non-hydrogen) atoms. The zero-order valence-corrected chi connectivity index (χ0v) is 23.3. The number of likely N-dealkylation sites (N-methyl/N-ethyl adjacent to an activating group) is 1. The van der Waals surface area contributed by atoms with Crippen LogP contribution in [0.15, 0.2) is 42.6 Å². The highest BCUT2D eigenvalue weighted by atomic mass is 16.5. The van der Waals surface area contributed by atoms with E-state index in [2.05, 4.69) is 20.2 Å². The van der Waals surface area contributed by atoms with Gasteiger partial charge in [-0.3, -0.25) is 14.5 Å². The van der Waals surface area contributed by atoms with Gasteiger partial charge in [-0.15, -0.1) is 0 Å². The van der Waals surface area contributed by atoms with Crippen molar-refractivity contribution in [3.05, 3.63) is 64.8 Å². The minimum absolute atomic E-state index is 0.00130. The number of rotatable bonds is 7. The average molecular weight is 557 g/mol. The van der Waals surface area contributed by atoms with E-state index in [0.29, 0.717) is 49.5 Å². The second kappa shape index (κ2) is 9.25. The molecule has 10 nitrogen and oxygen atoms in total. The van der Waals surface area contributed by atoms with Gasteiger partial charge in [-0.1, -0.05) is 30.3 Å². The van der Waals surface area contributed by atoms with Crippen molar-refractivity contribution in [1.82, 2.24) is 20.2 Å². The van der Waals surface area contributed by atoms with Crippen LogP contribution in [-0.4, -0.2) is 83.8 Å². The number of benzene rings is 2. The largest absolute Gasteiger partial charge is 0.480 e. The number of hydrogen-bond donors (Lipinski definition) is 2. The fraction of sp³-hybridized carbons (Fsp3) is 0.419. The van der Waals surface area contributed by atoms with Crippen LogP contribution in [0.4, 0.5) is 0 Å². The number of aliphatic hydroxyl groups is 1. The fourth-order valence-electron chi connectivity index (χ4n) is 7.62. The number of likely N-dealkylation sites (tertiary alicyclic amines) is 1. The van der Waals surface area contributed by atoms with Crippen LogP contribution in [0.3, 0.4) is 0 Å². The number of Topliss-reactive ketones (excluding diaryl/α,β-unsaturated/α-hetero) is 1. The van der Waals surface area contributed by atoms with Gasteiger partial charge in [-0.05, 0) is 49.1 Å². The number of aromatic nitrogens is 2. The predicted molar refractivity (Wildman–Crippen MR) is 148 cm³/mol. The van der Waals surface area contributed by atoms with Crippen LogP contribution >= 0.6 is 0 Å². The van der Waals surface area contributed by atoms with Crippen LogP contribution in [0.2, 0.25) is 0 Å². The third kappa shape index (κ3) is 3.56. The van der Waals surface area contributed by atoms with Gasteiger partial charge in [0.15, 0.2) is 11.9 Å². The first-order chi connectivity index (χ1) is 19.8. The molecule has 2 aliphatic carbocycles. The average Bonchev–Trinajstić information content (AvgIpc) is 3.39. The molecule has 3 aromatic rings. The molecule has 1 amide bonds. The van der Waals surface area contributed by atoms with Crippen LogP contribution in [0.1, 0.15) is 39.9 Å². The molecule has 1 aromatic heterocycles. The summed E-state index contributed by atoms with van der Waals surface area (Å²) in [5.41, 5.74) is 3.19. The van der Waals surface area contributed by atoms with E-state index in [1.54, 1.807) is 19.4 Å². The van der Waals surface area contributed by atoms with Gasteiger partial charge in [0.1, 0.15) is 5.75 Å². The summed E-state index contributed by atoms with van der Waals surface area (Å²) >= 11 is 0. The zero-order chi connectivity index (χ0) is 28.5. The SMILES string of the molecule is COc1ncc(-c2ccc(CCNC(=O)c3ccc4c5c3OC3C(=O)CCC6(O)C(C4)N(C)CC536)cc2)c(OC)n1. The first kappa shape index (κ1) is 25.9. The van der Waals surface area contributed by atoms with E-state index in [-0.39, 0.29) is 30.2 Å². The summed E-state index contributed by atoms with van der Waals surface area (Å²) in [7, 11) is 5.06. The molecule has 1 saturated heterocycles. The Morgan fingerprint density at radius 3 is 2.76 bits per heavy atom. The summed E-state index contributed by atoms with van der Waals surface area (Å²) in [6.07, 6.45) is 2.92. The van der Waals surface area contributed by atoms with Gasteiger partial charge < -0.3 is 24.6 Å². The lowest BCUT2D eigenvalue weighted by Crippen LogP contribution is -2.66. The van der Waals surface area contributed by atoms with E-state index < -0.39 is 17.1 Å². The highest BCUT2D eigenvalue weighted by Gasteiger charge is 2.75. The molecule has 2 fully saturated rings. The molecule has 2 aliphatic heterocycles. The van der Waals surface area contributed by atoms with Gasteiger partial charge in [-0.25, -0.2) is 4.98 Å². The molecule has 0 radical (unpaired) electrons. The van der Waals surface area contributed by atoms with Gasteiger partial charge in [-0.2, -0.15) is 4.98 Å². The molecule has 10 heteroatoms. The second-order valence-corrected chi connectivity index (χ2v) is 11.5. The van der Waals surface area contributed by atoms with Gasteiger partial charge in [0.05, 0.1) is 36.4 Å². The molecule has 2 bridgehead atoms. The van der Waals surface area contributed by atoms with Crippen molar-refractivity contribution in [2.45, 2.75) is 48.8 Å². The summed E-state index contributed by atoms with van der Waals surface area (Å²) in [5, 5.41) is 15.0. The Morgan fingerprint density at radius 2 is 2.00 bits per heavy atom. The maximum absolute atomic E-state index is 13.4. The smallest absolute Gasteiger partial charge is 0.319 e. The van der Waals surface area contributed by atoms with Gasteiger partial charge in [0.25, 0.3) is 5.91 Å². The number of ketones is 1. The summed E-state index contributed by atoms with van der Waals surface area (Å²) in [6.45, 7) is 0.964. The maximum Gasteiger partial charge on any atom is 0.319 e.